The number of hydrogen-bond acceptors (Lipinski definition) is 4. The van der Waals surface area contributed by atoms with Crippen LogP contribution in [-0.4, -0.2) is 48.4 Å². The number of ether oxygens (including phenoxy) is 1. The van der Waals surface area contributed by atoms with E-state index < -0.39 is 5.60 Å². The zero-order chi connectivity index (χ0) is 21.1. The van der Waals surface area contributed by atoms with Crippen molar-refractivity contribution < 1.29 is 19.1 Å². The lowest BCUT2D eigenvalue weighted by atomic mass is 9.97. The lowest BCUT2D eigenvalue weighted by molar-refractivity contribution is -0.121. The SMILES string of the molecule is CC(C)C(=O)N(C)c1cccc(C(=O)C[C@@H]2CCN(C(=O)OC(C)(C)C)C2)c1. The Balaban J connectivity index is 1.98. The smallest absolute Gasteiger partial charge is 0.410 e. The van der Waals surface area contributed by atoms with Crippen molar-refractivity contribution >= 4 is 23.5 Å². The summed E-state index contributed by atoms with van der Waals surface area (Å²) in [5.74, 6) is 0.0528. The number of amides is 2. The average molecular weight is 389 g/mol. The number of Topliss-reactive ketones (excluding diaryl/α,β-unsaturated/α-hetero) is 1. The van der Waals surface area contributed by atoms with Gasteiger partial charge in [-0.05, 0) is 45.2 Å². The minimum Gasteiger partial charge on any atom is -0.444 e. The standard InChI is InChI=1S/C22H32N2O4/c1-15(2)20(26)23(6)18-9-7-8-17(13-18)19(25)12-16-10-11-24(14-16)21(27)28-22(3,4)5/h7-9,13,15-16H,10-12,14H2,1-6H3/t16-/m0/s1. The van der Waals surface area contributed by atoms with E-state index in [0.717, 1.165) is 6.42 Å². The topological polar surface area (TPSA) is 66.9 Å². The van der Waals surface area contributed by atoms with Gasteiger partial charge in [0.2, 0.25) is 5.91 Å². The summed E-state index contributed by atoms with van der Waals surface area (Å²) in [6, 6.07) is 7.18. The molecule has 154 valence electrons. The highest BCUT2D eigenvalue weighted by atomic mass is 16.6. The zero-order valence-corrected chi connectivity index (χ0v) is 17.8. The van der Waals surface area contributed by atoms with Gasteiger partial charge in [-0.15, -0.1) is 0 Å². The van der Waals surface area contributed by atoms with Gasteiger partial charge in [0.25, 0.3) is 0 Å². The van der Waals surface area contributed by atoms with Crippen LogP contribution in [0.3, 0.4) is 0 Å². The normalized spacial score (nSPS) is 17.0. The summed E-state index contributed by atoms with van der Waals surface area (Å²) in [7, 11) is 1.72. The lowest BCUT2D eigenvalue weighted by Gasteiger charge is -2.24. The zero-order valence-electron chi connectivity index (χ0n) is 17.8. The van der Waals surface area contributed by atoms with Crippen LogP contribution >= 0.6 is 0 Å². The number of benzene rings is 1. The molecule has 0 saturated carbocycles. The number of rotatable bonds is 5. The Morgan fingerprint density at radius 1 is 1.25 bits per heavy atom. The van der Waals surface area contributed by atoms with Gasteiger partial charge in [0.1, 0.15) is 5.60 Å². The summed E-state index contributed by atoms with van der Waals surface area (Å²) in [5, 5.41) is 0. The van der Waals surface area contributed by atoms with Crippen LogP contribution in [0.5, 0.6) is 0 Å². The largest absolute Gasteiger partial charge is 0.444 e. The molecule has 1 saturated heterocycles. The van der Waals surface area contributed by atoms with Gasteiger partial charge in [0.05, 0.1) is 0 Å². The second-order valence-corrected chi connectivity index (χ2v) is 8.81. The van der Waals surface area contributed by atoms with Gasteiger partial charge in [-0.2, -0.15) is 0 Å². The number of nitrogens with zero attached hydrogens (tertiary/aromatic N) is 2. The van der Waals surface area contributed by atoms with Crippen LogP contribution < -0.4 is 4.90 Å². The Morgan fingerprint density at radius 3 is 2.54 bits per heavy atom. The molecule has 1 aromatic carbocycles. The Morgan fingerprint density at radius 2 is 1.93 bits per heavy atom. The summed E-state index contributed by atoms with van der Waals surface area (Å²) in [6.07, 6.45) is 0.847. The quantitative estimate of drug-likeness (QED) is 0.711. The number of hydrogen-bond donors (Lipinski definition) is 0. The van der Waals surface area contributed by atoms with Crippen LogP contribution in [0.1, 0.15) is 57.8 Å². The molecule has 1 aliphatic rings. The van der Waals surface area contributed by atoms with E-state index >= 15 is 0 Å². The number of carbonyl (C=O) groups excluding carboxylic acids is 3. The Bertz CT molecular complexity index is 736. The van der Waals surface area contributed by atoms with Crippen LogP contribution in [0.4, 0.5) is 10.5 Å². The molecule has 28 heavy (non-hydrogen) atoms. The van der Waals surface area contributed by atoms with E-state index in [-0.39, 0.29) is 29.6 Å². The fraction of sp³-hybridized carbons (Fsp3) is 0.591. The van der Waals surface area contributed by atoms with Crippen LogP contribution in [0.2, 0.25) is 0 Å². The molecule has 0 N–H and O–H groups in total. The molecule has 2 rings (SSSR count). The second kappa shape index (κ2) is 8.76. The minimum atomic E-state index is -0.523. The van der Waals surface area contributed by atoms with Gasteiger partial charge in [-0.3, -0.25) is 9.59 Å². The van der Waals surface area contributed by atoms with Crippen LogP contribution in [0.25, 0.3) is 0 Å². The number of likely N-dealkylation sites (tertiary alicyclic amines) is 1. The van der Waals surface area contributed by atoms with Crippen LogP contribution in [0.15, 0.2) is 24.3 Å². The van der Waals surface area contributed by atoms with Crippen molar-refractivity contribution in [2.24, 2.45) is 11.8 Å². The first-order chi connectivity index (χ1) is 13.0. The van der Waals surface area contributed by atoms with Crippen molar-refractivity contribution in [3.8, 4) is 0 Å². The summed E-state index contributed by atoms with van der Waals surface area (Å²) < 4.78 is 5.41. The summed E-state index contributed by atoms with van der Waals surface area (Å²) >= 11 is 0. The highest BCUT2D eigenvalue weighted by Crippen LogP contribution is 2.25. The minimum absolute atomic E-state index is 0.00777. The van der Waals surface area contributed by atoms with E-state index in [2.05, 4.69) is 0 Å². The van der Waals surface area contributed by atoms with E-state index in [1.807, 2.05) is 40.7 Å². The number of ketones is 1. The fourth-order valence-electron chi connectivity index (χ4n) is 3.27. The first-order valence-electron chi connectivity index (χ1n) is 9.86. The van der Waals surface area contributed by atoms with Crippen molar-refractivity contribution in [3.63, 3.8) is 0 Å². The molecule has 1 fully saturated rings. The van der Waals surface area contributed by atoms with E-state index in [1.165, 1.54) is 0 Å². The molecule has 0 aromatic heterocycles. The van der Waals surface area contributed by atoms with Crippen LogP contribution in [-0.2, 0) is 9.53 Å². The first kappa shape index (κ1) is 21.9. The molecule has 1 aliphatic heterocycles. The van der Waals surface area contributed by atoms with E-state index in [9.17, 15) is 14.4 Å². The molecule has 2 amide bonds. The highest BCUT2D eigenvalue weighted by molar-refractivity contribution is 5.99. The van der Waals surface area contributed by atoms with Crippen molar-refractivity contribution in [1.29, 1.82) is 0 Å². The van der Waals surface area contributed by atoms with E-state index in [0.29, 0.717) is 30.8 Å². The molecule has 1 atom stereocenters. The molecule has 6 nitrogen and oxygen atoms in total. The van der Waals surface area contributed by atoms with Gasteiger partial charge in [0, 0.05) is 43.7 Å². The Labute approximate surface area is 167 Å². The predicted molar refractivity (Wildman–Crippen MR) is 110 cm³/mol. The fourth-order valence-corrected chi connectivity index (χ4v) is 3.27. The molecule has 1 aromatic rings. The molecular weight excluding hydrogens is 356 g/mol. The van der Waals surface area contributed by atoms with Crippen molar-refractivity contribution in [1.82, 2.24) is 4.90 Å². The van der Waals surface area contributed by atoms with Gasteiger partial charge in [-0.1, -0.05) is 26.0 Å². The maximum Gasteiger partial charge on any atom is 0.410 e. The van der Waals surface area contributed by atoms with Gasteiger partial charge in [0.15, 0.2) is 5.78 Å². The monoisotopic (exact) mass is 388 g/mol. The Kier molecular flexibility index (Phi) is 6.86. The molecular formula is C22H32N2O4. The van der Waals surface area contributed by atoms with E-state index in [4.69, 9.17) is 4.74 Å². The second-order valence-electron chi connectivity index (χ2n) is 8.81. The molecule has 0 aliphatic carbocycles. The van der Waals surface area contributed by atoms with Crippen molar-refractivity contribution in [3.05, 3.63) is 29.8 Å². The summed E-state index contributed by atoms with van der Waals surface area (Å²) in [5.41, 5.74) is 0.785. The molecule has 0 spiro atoms. The number of anilines is 1. The Hall–Kier alpha value is -2.37. The summed E-state index contributed by atoms with van der Waals surface area (Å²) in [4.78, 5) is 40.4. The lowest BCUT2D eigenvalue weighted by Crippen LogP contribution is -2.35. The average Bonchev–Trinajstić information content (AvgIpc) is 3.07. The maximum absolute atomic E-state index is 12.7. The molecule has 6 heteroatoms. The molecule has 0 radical (unpaired) electrons. The van der Waals surface area contributed by atoms with Crippen molar-refractivity contribution in [2.75, 3.05) is 25.0 Å². The van der Waals surface area contributed by atoms with Crippen LogP contribution in [0, 0.1) is 11.8 Å². The third-order valence-electron chi connectivity index (χ3n) is 4.79. The van der Waals surface area contributed by atoms with Gasteiger partial charge < -0.3 is 14.5 Å². The predicted octanol–water partition coefficient (Wildman–Crippen LogP) is 4.14. The van der Waals surface area contributed by atoms with E-state index in [1.54, 1.807) is 35.0 Å². The van der Waals surface area contributed by atoms with Crippen molar-refractivity contribution in [2.45, 2.75) is 53.1 Å². The third-order valence-corrected chi connectivity index (χ3v) is 4.79. The molecule has 0 bridgehead atoms. The summed E-state index contributed by atoms with van der Waals surface area (Å²) in [6.45, 7) is 10.4. The molecule has 1 heterocycles. The van der Waals surface area contributed by atoms with Gasteiger partial charge >= 0.3 is 6.09 Å². The maximum atomic E-state index is 12.7. The number of carbonyl (C=O) groups is 3. The van der Waals surface area contributed by atoms with Gasteiger partial charge in [-0.25, -0.2) is 4.79 Å². The first-order valence-corrected chi connectivity index (χ1v) is 9.86. The molecule has 0 unspecified atom stereocenters. The highest BCUT2D eigenvalue weighted by Gasteiger charge is 2.31. The third kappa shape index (κ3) is 5.81.